The van der Waals surface area contributed by atoms with Crippen LogP contribution in [0, 0.1) is 0 Å². The van der Waals surface area contributed by atoms with E-state index in [1.807, 2.05) is 0 Å². The zero-order valence-electron chi connectivity index (χ0n) is 18.8. The van der Waals surface area contributed by atoms with Gasteiger partial charge in [0, 0.05) is 41.6 Å². The van der Waals surface area contributed by atoms with Gasteiger partial charge in [-0.15, -0.1) is 0 Å². The molecule has 0 saturated heterocycles. The quantitative estimate of drug-likeness (QED) is 0.379. The van der Waals surface area contributed by atoms with Crippen LogP contribution in [0.5, 0.6) is 0 Å². The van der Waals surface area contributed by atoms with E-state index in [-0.39, 0.29) is 11.2 Å². The summed E-state index contributed by atoms with van der Waals surface area (Å²) in [5, 5.41) is 17.8. The Hall–Kier alpha value is -3.99. The van der Waals surface area contributed by atoms with E-state index in [9.17, 15) is 27.9 Å². The highest BCUT2D eigenvalue weighted by molar-refractivity contribution is 6.07. The Labute approximate surface area is 197 Å². The molecule has 0 aliphatic carbocycles. The molecule has 8 nitrogen and oxygen atoms in total. The van der Waals surface area contributed by atoms with Gasteiger partial charge in [0.05, 0.1) is 11.1 Å². The highest BCUT2D eigenvalue weighted by Crippen LogP contribution is 2.32. The maximum Gasteiger partial charge on any atom is 0.433 e. The molecule has 35 heavy (non-hydrogen) atoms. The number of benzene rings is 1. The number of aromatic nitrogens is 4. The molecule has 4 aromatic rings. The lowest BCUT2D eigenvalue weighted by molar-refractivity contribution is -0.141. The molecule has 3 heterocycles. The zero-order chi connectivity index (χ0) is 25.4. The van der Waals surface area contributed by atoms with Gasteiger partial charge in [-0.1, -0.05) is 6.07 Å². The molecule has 182 valence electrons. The number of nitrogens with zero attached hydrogens (tertiary/aromatic N) is 3. The normalized spacial score (nSPS) is 12.2. The van der Waals surface area contributed by atoms with Crippen molar-refractivity contribution in [2.75, 3.05) is 5.32 Å². The van der Waals surface area contributed by atoms with Gasteiger partial charge in [0.1, 0.15) is 11.4 Å². The van der Waals surface area contributed by atoms with Crippen LogP contribution in [-0.4, -0.2) is 36.4 Å². The standard InChI is InChI=1S/C24H22F3N5O3/c1-23(2,35)7-9-32-13-15-10-19(16(12-18(15)31-32)14-6-8-28-21(33)11-14)30-22(34)17-4-3-5-20(29-17)24(25,26)27/h3-6,8,10-13,35H,7,9H2,1-2H3,(H,28,33)(H,30,34). The van der Waals surface area contributed by atoms with E-state index in [1.165, 1.54) is 18.3 Å². The van der Waals surface area contributed by atoms with Crippen LogP contribution in [0.3, 0.4) is 0 Å². The van der Waals surface area contributed by atoms with E-state index < -0.39 is 29.1 Å². The minimum Gasteiger partial charge on any atom is -0.390 e. The fourth-order valence-corrected chi connectivity index (χ4v) is 3.49. The summed E-state index contributed by atoms with van der Waals surface area (Å²) < 4.78 is 40.8. The molecule has 0 aliphatic heterocycles. The molecule has 0 spiro atoms. The molecule has 0 saturated carbocycles. The van der Waals surface area contributed by atoms with Crippen molar-refractivity contribution in [1.29, 1.82) is 0 Å². The number of carbonyl (C=O) groups excluding carboxylic acids is 1. The van der Waals surface area contributed by atoms with Crippen LogP contribution in [0.4, 0.5) is 18.9 Å². The van der Waals surface area contributed by atoms with Crippen LogP contribution in [-0.2, 0) is 12.7 Å². The Kier molecular flexibility index (Phi) is 6.20. The third-order valence-electron chi connectivity index (χ3n) is 5.25. The second kappa shape index (κ2) is 8.99. The van der Waals surface area contributed by atoms with Crippen molar-refractivity contribution in [3.63, 3.8) is 0 Å². The number of H-pyrrole nitrogens is 1. The Morgan fingerprint density at radius 1 is 1.17 bits per heavy atom. The van der Waals surface area contributed by atoms with Crippen LogP contribution in [0.15, 0.2) is 59.7 Å². The molecule has 0 atom stereocenters. The Morgan fingerprint density at radius 3 is 2.63 bits per heavy atom. The first-order valence-corrected chi connectivity index (χ1v) is 10.7. The van der Waals surface area contributed by atoms with Gasteiger partial charge in [-0.05, 0) is 56.2 Å². The summed E-state index contributed by atoms with van der Waals surface area (Å²) in [5.74, 6) is -0.837. The van der Waals surface area contributed by atoms with Crippen LogP contribution >= 0.6 is 0 Å². The zero-order valence-corrected chi connectivity index (χ0v) is 18.8. The number of aryl methyl sites for hydroxylation is 1. The van der Waals surface area contributed by atoms with Crippen molar-refractivity contribution in [2.24, 2.45) is 0 Å². The summed E-state index contributed by atoms with van der Waals surface area (Å²) in [6.07, 6.45) is -1.06. The molecule has 0 fully saturated rings. The average molecular weight is 485 g/mol. The van der Waals surface area contributed by atoms with Gasteiger partial charge < -0.3 is 15.4 Å². The van der Waals surface area contributed by atoms with Crippen molar-refractivity contribution >= 4 is 22.5 Å². The highest BCUT2D eigenvalue weighted by atomic mass is 19.4. The van der Waals surface area contributed by atoms with Crippen molar-refractivity contribution in [2.45, 2.75) is 38.6 Å². The SMILES string of the molecule is CC(C)(O)CCn1cc2cc(NC(=O)c3cccc(C(F)(F)F)n3)c(-c3cc[nH]c(=O)c3)cc2n1. The predicted octanol–water partition coefficient (Wildman–Crippen LogP) is 4.22. The van der Waals surface area contributed by atoms with Gasteiger partial charge in [0.2, 0.25) is 5.56 Å². The first-order valence-electron chi connectivity index (χ1n) is 10.7. The fraction of sp³-hybridized carbons (Fsp3) is 0.250. The number of anilines is 1. The number of hydrogen-bond donors (Lipinski definition) is 3. The highest BCUT2D eigenvalue weighted by Gasteiger charge is 2.33. The molecule has 3 aromatic heterocycles. The van der Waals surface area contributed by atoms with Crippen molar-refractivity contribution in [3.05, 3.63) is 76.6 Å². The number of halogens is 3. The molecule has 0 bridgehead atoms. The smallest absolute Gasteiger partial charge is 0.390 e. The minimum atomic E-state index is -4.69. The van der Waals surface area contributed by atoms with Crippen LogP contribution in [0.2, 0.25) is 0 Å². The number of aliphatic hydroxyl groups is 1. The number of pyridine rings is 2. The Morgan fingerprint density at radius 2 is 1.94 bits per heavy atom. The first kappa shape index (κ1) is 24.1. The van der Waals surface area contributed by atoms with E-state index >= 15 is 0 Å². The van der Waals surface area contributed by atoms with Crippen molar-refractivity contribution < 1.29 is 23.1 Å². The van der Waals surface area contributed by atoms with Gasteiger partial charge in [-0.3, -0.25) is 14.3 Å². The Bertz CT molecular complexity index is 1450. The van der Waals surface area contributed by atoms with E-state index in [0.717, 1.165) is 12.1 Å². The maximum absolute atomic E-state index is 13.0. The first-order chi connectivity index (χ1) is 16.4. The average Bonchev–Trinajstić information content (AvgIpc) is 3.18. The molecule has 0 radical (unpaired) electrons. The third kappa shape index (κ3) is 5.75. The monoisotopic (exact) mass is 485 g/mol. The summed E-state index contributed by atoms with van der Waals surface area (Å²) >= 11 is 0. The third-order valence-corrected chi connectivity index (χ3v) is 5.25. The lowest BCUT2D eigenvalue weighted by atomic mass is 10.0. The Balaban J connectivity index is 1.75. The number of aromatic amines is 1. The van der Waals surface area contributed by atoms with Crippen molar-refractivity contribution in [1.82, 2.24) is 19.7 Å². The van der Waals surface area contributed by atoms with Gasteiger partial charge in [-0.25, -0.2) is 4.98 Å². The van der Waals surface area contributed by atoms with E-state index in [4.69, 9.17) is 0 Å². The minimum absolute atomic E-state index is 0.273. The lowest BCUT2D eigenvalue weighted by Gasteiger charge is -2.16. The number of rotatable bonds is 6. The lowest BCUT2D eigenvalue weighted by Crippen LogP contribution is -2.21. The summed E-state index contributed by atoms with van der Waals surface area (Å²) in [6.45, 7) is 3.82. The summed E-state index contributed by atoms with van der Waals surface area (Å²) in [6, 6.07) is 9.36. The van der Waals surface area contributed by atoms with E-state index in [2.05, 4.69) is 20.4 Å². The number of carbonyl (C=O) groups is 1. The number of nitrogens with one attached hydrogen (secondary N) is 2. The second-order valence-electron chi connectivity index (χ2n) is 8.71. The number of amides is 1. The van der Waals surface area contributed by atoms with Crippen molar-refractivity contribution in [3.8, 4) is 11.1 Å². The van der Waals surface area contributed by atoms with Gasteiger partial charge in [0.15, 0.2) is 0 Å². The maximum atomic E-state index is 13.0. The molecule has 0 aliphatic rings. The molecule has 1 amide bonds. The summed E-state index contributed by atoms with van der Waals surface area (Å²) in [5.41, 5.74) is -1.05. The second-order valence-corrected chi connectivity index (χ2v) is 8.71. The van der Waals surface area contributed by atoms with Crippen LogP contribution in [0.1, 0.15) is 36.5 Å². The molecular weight excluding hydrogens is 463 g/mol. The topological polar surface area (TPSA) is 113 Å². The van der Waals surface area contributed by atoms with Gasteiger partial charge >= 0.3 is 6.18 Å². The molecule has 1 aromatic carbocycles. The van der Waals surface area contributed by atoms with Crippen LogP contribution in [0.25, 0.3) is 22.0 Å². The predicted molar refractivity (Wildman–Crippen MR) is 124 cm³/mol. The fourth-order valence-electron chi connectivity index (χ4n) is 3.49. The molecule has 0 unspecified atom stereocenters. The van der Waals surface area contributed by atoms with Gasteiger partial charge in [-0.2, -0.15) is 18.3 Å². The number of alkyl halides is 3. The van der Waals surface area contributed by atoms with E-state index in [0.29, 0.717) is 35.0 Å². The molecule has 4 rings (SSSR count). The number of fused-ring (bicyclic) bond motifs is 1. The van der Waals surface area contributed by atoms with E-state index in [1.54, 1.807) is 42.9 Å². The summed E-state index contributed by atoms with van der Waals surface area (Å²) in [4.78, 5) is 30.7. The summed E-state index contributed by atoms with van der Waals surface area (Å²) in [7, 11) is 0. The molecular formula is C24H22F3N5O3. The molecule has 3 N–H and O–H groups in total. The number of hydrogen-bond acceptors (Lipinski definition) is 5. The van der Waals surface area contributed by atoms with Gasteiger partial charge in [0.25, 0.3) is 5.91 Å². The largest absolute Gasteiger partial charge is 0.433 e. The molecule has 11 heteroatoms. The van der Waals surface area contributed by atoms with Crippen LogP contribution < -0.4 is 10.9 Å².